The Labute approximate surface area is 60.1 Å². The van der Waals surface area contributed by atoms with Crippen LogP contribution in [0, 0.1) is 17.2 Å². The Hall–Kier alpha value is -0.590. The molecule has 10 heavy (non-hydrogen) atoms. The zero-order chi connectivity index (χ0) is 6.97. The minimum absolute atomic E-state index is 0.127. The smallest absolute Gasteiger partial charge is 0.0964 e. The zero-order valence-corrected chi connectivity index (χ0v) is 5.79. The van der Waals surface area contributed by atoms with Gasteiger partial charge in [0.1, 0.15) is 0 Å². The molecule has 2 bridgehead atoms. The van der Waals surface area contributed by atoms with E-state index in [1.54, 1.807) is 0 Å². The van der Waals surface area contributed by atoms with Crippen molar-refractivity contribution in [1.82, 2.24) is 5.06 Å². The van der Waals surface area contributed by atoms with E-state index in [0.717, 1.165) is 19.5 Å². The van der Waals surface area contributed by atoms with Crippen LogP contribution in [0.1, 0.15) is 12.8 Å². The van der Waals surface area contributed by atoms with Gasteiger partial charge in [-0.1, -0.05) is 0 Å². The lowest BCUT2D eigenvalue weighted by Crippen LogP contribution is -2.25. The number of hydrogen-bond donors (Lipinski definition) is 0. The van der Waals surface area contributed by atoms with Gasteiger partial charge < -0.3 is 0 Å². The molecule has 3 atom stereocenters. The molecule has 2 rings (SSSR count). The molecule has 2 aliphatic rings. The van der Waals surface area contributed by atoms with Crippen molar-refractivity contribution in [1.29, 1.82) is 5.26 Å². The molecule has 0 radical (unpaired) electrons. The summed E-state index contributed by atoms with van der Waals surface area (Å²) in [6, 6.07) is 2.27. The van der Waals surface area contributed by atoms with E-state index in [2.05, 4.69) is 6.07 Å². The highest BCUT2D eigenvalue weighted by Crippen LogP contribution is 2.28. The molecule has 2 aliphatic heterocycles. The van der Waals surface area contributed by atoms with Gasteiger partial charge in [0.25, 0.3) is 0 Å². The van der Waals surface area contributed by atoms with Crippen LogP contribution in [0.4, 0.5) is 0 Å². The lowest BCUT2D eigenvalue weighted by molar-refractivity contribution is -0.170. The lowest BCUT2D eigenvalue weighted by Gasteiger charge is -2.21. The Morgan fingerprint density at radius 1 is 1.60 bits per heavy atom. The number of nitrogens with zero attached hydrogens (tertiary/aromatic N) is 2. The van der Waals surface area contributed by atoms with Crippen LogP contribution >= 0.6 is 0 Å². The van der Waals surface area contributed by atoms with E-state index < -0.39 is 0 Å². The average Bonchev–Trinajstić information content (AvgIpc) is 2.26. The van der Waals surface area contributed by atoms with E-state index in [1.807, 2.05) is 5.06 Å². The van der Waals surface area contributed by atoms with Crippen LogP contribution in [0.3, 0.4) is 0 Å². The molecule has 2 fully saturated rings. The summed E-state index contributed by atoms with van der Waals surface area (Å²) in [5.74, 6) is 0.127. The molecule has 0 spiro atoms. The first-order valence-corrected chi connectivity index (χ1v) is 3.71. The first-order valence-electron chi connectivity index (χ1n) is 3.71. The van der Waals surface area contributed by atoms with Crippen molar-refractivity contribution in [2.75, 3.05) is 13.1 Å². The number of hydrogen-bond acceptors (Lipinski definition) is 3. The quantitative estimate of drug-likeness (QED) is 0.490. The summed E-state index contributed by atoms with van der Waals surface area (Å²) >= 11 is 0. The molecule has 0 aliphatic carbocycles. The Bertz CT molecular complexity index is 175. The SMILES string of the molecule is N#CC1CN2CCCC1O2. The average molecular weight is 138 g/mol. The molecule has 0 aromatic carbocycles. The van der Waals surface area contributed by atoms with Crippen LogP contribution in [0.15, 0.2) is 0 Å². The van der Waals surface area contributed by atoms with Crippen molar-refractivity contribution in [3.05, 3.63) is 0 Å². The van der Waals surface area contributed by atoms with Crippen molar-refractivity contribution >= 4 is 0 Å². The number of fused-ring (bicyclic) bond motifs is 2. The van der Waals surface area contributed by atoms with Crippen LogP contribution in [0.25, 0.3) is 0 Å². The molecule has 0 aromatic heterocycles. The third-order valence-corrected chi connectivity index (χ3v) is 2.20. The molecule has 2 heterocycles. The second kappa shape index (κ2) is 2.22. The molecule has 0 N–H and O–H groups in total. The van der Waals surface area contributed by atoms with Gasteiger partial charge in [-0.2, -0.15) is 10.3 Å². The van der Waals surface area contributed by atoms with Gasteiger partial charge in [0, 0.05) is 13.1 Å². The third kappa shape index (κ3) is 0.808. The second-order valence-corrected chi connectivity index (χ2v) is 2.91. The van der Waals surface area contributed by atoms with Gasteiger partial charge in [-0.05, 0) is 12.8 Å². The van der Waals surface area contributed by atoms with Gasteiger partial charge in [-0.3, -0.25) is 4.84 Å². The normalized spacial score (nSPS) is 44.9. The topological polar surface area (TPSA) is 36.3 Å². The fraction of sp³-hybridized carbons (Fsp3) is 0.857. The van der Waals surface area contributed by atoms with Crippen molar-refractivity contribution in [3.8, 4) is 6.07 Å². The highest BCUT2D eigenvalue weighted by Gasteiger charge is 2.36. The van der Waals surface area contributed by atoms with Crippen LogP contribution in [0.2, 0.25) is 0 Å². The van der Waals surface area contributed by atoms with Crippen LogP contribution in [0.5, 0.6) is 0 Å². The lowest BCUT2D eigenvalue weighted by atomic mass is 10.0. The van der Waals surface area contributed by atoms with Gasteiger partial charge in [-0.25, -0.2) is 0 Å². The van der Waals surface area contributed by atoms with Gasteiger partial charge in [0.2, 0.25) is 0 Å². The molecule has 2 saturated heterocycles. The summed E-state index contributed by atoms with van der Waals surface area (Å²) < 4.78 is 0. The van der Waals surface area contributed by atoms with E-state index in [4.69, 9.17) is 10.1 Å². The summed E-state index contributed by atoms with van der Waals surface area (Å²) in [6.07, 6.45) is 2.45. The maximum atomic E-state index is 8.66. The molecule has 0 saturated carbocycles. The van der Waals surface area contributed by atoms with Gasteiger partial charge in [-0.15, -0.1) is 0 Å². The minimum atomic E-state index is 0.127. The van der Waals surface area contributed by atoms with Crippen molar-refractivity contribution < 1.29 is 4.84 Å². The van der Waals surface area contributed by atoms with Crippen LogP contribution in [-0.2, 0) is 4.84 Å². The summed E-state index contributed by atoms with van der Waals surface area (Å²) in [7, 11) is 0. The number of rotatable bonds is 0. The molecule has 0 amide bonds. The zero-order valence-electron chi connectivity index (χ0n) is 5.79. The Morgan fingerprint density at radius 2 is 2.50 bits per heavy atom. The van der Waals surface area contributed by atoms with Crippen molar-refractivity contribution in [3.63, 3.8) is 0 Å². The predicted octanol–water partition coefficient (Wildman–Crippen LogP) is 0.536. The first kappa shape index (κ1) is 6.14. The summed E-state index contributed by atoms with van der Waals surface area (Å²) in [5, 5.41) is 10.6. The highest BCUT2D eigenvalue weighted by atomic mass is 16.7. The number of hydroxylamine groups is 2. The predicted molar refractivity (Wildman–Crippen MR) is 34.8 cm³/mol. The summed E-state index contributed by atoms with van der Waals surface area (Å²) in [4.78, 5) is 5.41. The second-order valence-electron chi connectivity index (χ2n) is 2.91. The maximum Gasteiger partial charge on any atom is 0.0964 e. The summed E-state index contributed by atoms with van der Waals surface area (Å²) in [6.45, 7) is 1.83. The van der Waals surface area contributed by atoms with Crippen LogP contribution < -0.4 is 0 Å². The number of nitriles is 1. The third-order valence-electron chi connectivity index (χ3n) is 2.20. The maximum absolute atomic E-state index is 8.66. The fourth-order valence-electron chi connectivity index (χ4n) is 1.64. The van der Waals surface area contributed by atoms with Crippen LogP contribution in [-0.4, -0.2) is 24.3 Å². The standard InChI is InChI=1S/C7H10N2O/c8-4-6-5-9-3-1-2-7(6)10-9/h6-7H,1-3,5H2. The minimum Gasteiger partial charge on any atom is -0.294 e. The van der Waals surface area contributed by atoms with E-state index >= 15 is 0 Å². The van der Waals surface area contributed by atoms with Gasteiger partial charge in [0.05, 0.1) is 18.1 Å². The molecular weight excluding hydrogens is 128 g/mol. The molecule has 3 unspecified atom stereocenters. The van der Waals surface area contributed by atoms with Gasteiger partial charge in [0.15, 0.2) is 0 Å². The van der Waals surface area contributed by atoms with Gasteiger partial charge >= 0.3 is 0 Å². The largest absolute Gasteiger partial charge is 0.294 e. The van der Waals surface area contributed by atoms with Crippen molar-refractivity contribution in [2.24, 2.45) is 5.92 Å². The molecule has 3 heteroatoms. The highest BCUT2D eigenvalue weighted by molar-refractivity contribution is 4.95. The van der Waals surface area contributed by atoms with E-state index in [1.165, 1.54) is 6.42 Å². The van der Waals surface area contributed by atoms with E-state index in [0.29, 0.717) is 0 Å². The van der Waals surface area contributed by atoms with E-state index in [-0.39, 0.29) is 12.0 Å². The Balaban J connectivity index is 2.10. The molecule has 0 aromatic rings. The monoisotopic (exact) mass is 138 g/mol. The Morgan fingerprint density at radius 3 is 3.20 bits per heavy atom. The Kier molecular flexibility index (Phi) is 1.37. The molecular formula is C7H10N2O. The molecule has 54 valence electrons. The first-order chi connectivity index (χ1) is 4.90. The fourth-order valence-corrected chi connectivity index (χ4v) is 1.64. The van der Waals surface area contributed by atoms with E-state index in [9.17, 15) is 0 Å². The summed E-state index contributed by atoms with van der Waals surface area (Å²) in [5.41, 5.74) is 0. The molecule has 3 nitrogen and oxygen atoms in total. The van der Waals surface area contributed by atoms with Crippen molar-refractivity contribution in [2.45, 2.75) is 18.9 Å².